The van der Waals surface area contributed by atoms with Crippen molar-refractivity contribution in [1.82, 2.24) is 0 Å². The Hall–Kier alpha value is -0.880. The molecule has 1 aromatic carbocycles. The molecule has 0 unspecified atom stereocenters. The standard InChI is InChI=1S/C10H10F5N.ClH/c11-2-1-9(16)6-3-7(10(13,14)15)5-8(12)4-6;/h3-5,9H,1-2,16H2;1H/t9-;/m0./s1. The topological polar surface area (TPSA) is 26.0 Å². The van der Waals surface area contributed by atoms with Crippen molar-refractivity contribution in [2.75, 3.05) is 6.67 Å². The third-order valence-corrected chi connectivity index (χ3v) is 2.10. The average Bonchev–Trinajstić information content (AvgIpc) is 2.16. The van der Waals surface area contributed by atoms with E-state index in [2.05, 4.69) is 0 Å². The summed E-state index contributed by atoms with van der Waals surface area (Å²) in [6, 6.07) is 1.08. The molecule has 98 valence electrons. The molecule has 0 aliphatic carbocycles. The summed E-state index contributed by atoms with van der Waals surface area (Å²) in [5.74, 6) is -1.03. The Morgan fingerprint density at radius 3 is 2.24 bits per heavy atom. The Balaban J connectivity index is 0.00000256. The Labute approximate surface area is 101 Å². The number of rotatable bonds is 3. The Kier molecular flexibility index (Phi) is 5.84. The average molecular weight is 276 g/mol. The summed E-state index contributed by atoms with van der Waals surface area (Å²) in [6.45, 7) is -0.765. The maximum Gasteiger partial charge on any atom is 0.416 e. The van der Waals surface area contributed by atoms with Gasteiger partial charge in [-0.2, -0.15) is 13.2 Å². The van der Waals surface area contributed by atoms with E-state index >= 15 is 0 Å². The maximum absolute atomic E-state index is 12.9. The van der Waals surface area contributed by atoms with E-state index in [-0.39, 0.29) is 24.4 Å². The van der Waals surface area contributed by atoms with Crippen LogP contribution in [0.4, 0.5) is 22.0 Å². The van der Waals surface area contributed by atoms with E-state index in [9.17, 15) is 22.0 Å². The highest BCUT2D eigenvalue weighted by Gasteiger charge is 2.31. The van der Waals surface area contributed by atoms with Crippen molar-refractivity contribution in [3.8, 4) is 0 Å². The minimum Gasteiger partial charge on any atom is -0.324 e. The van der Waals surface area contributed by atoms with Gasteiger partial charge >= 0.3 is 6.18 Å². The van der Waals surface area contributed by atoms with Crippen LogP contribution in [0.25, 0.3) is 0 Å². The molecule has 0 bridgehead atoms. The quantitative estimate of drug-likeness (QED) is 0.838. The second kappa shape index (κ2) is 6.16. The van der Waals surface area contributed by atoms with E-state index in [0.717, 1.165) is 12.1 Å². The molecule has 0 fully saturated rings. The van der Waals surface area contributed by atoms with Crippen LogP contribution in [-0.4, -0.2) is 6.67 Å². The minimum atomic E-state index is -4.63. The molecule has 0 saturated heterocycles. The molecule has 0 saturated carbocycles. The van der Waals surface area contributed by atoms with Crippen LogP contribution in [-0.2, 0) is 6.18 Å². The van der Waals surface area contributed by atoms with Gasteiger partial charge in [0.2, 0.25) is 0 Å². The van der Waals surface area contributed by atoms with Crippen LogP contribution < -0.4 is 5.73 Å². The number of halogens is 6. The zero-order valence-electron chi connectivity index (χ0n) is 8.60. The molecule has 2 N–H and O–H groups in total. The van der Waals surface area contributed by atoms with Gasteiger partial charge in [-0.15, -0.1) is 12.4 Å². The summed E-state index contributed by atoms with van der Waals surface area (Å²) < 4.78 is 61.8. The van der Waals surface area contributed by atoms with Crippen molar-refractivity contribution in [2.24, 2.45) is 5.73 Å². The molecule has 0 aliphatic heterocycles. The zero-order valence-corrected chi connectivity index (χ0v) is 9.42. The first kappa shape index (κ1) is 16.1. The molecule has 17 heavy (non-hydrogen) atoms. The molecule has 1 atom stereocenters. The first-order valence-electron chi connectivity index (χ1n) is 4.54. The van der Waals surface area contributed by atoms with Gasteiger partial charge < -0.3 is 5.73 Å². The van der Waals surface area contributed by atoms with Crippen LogP contribution in [0.1, 0.15) is 23.6 Å². The summed E-state index contributed by atoms with van der Waals surface area (Å²) in [7, 11) is 0. The smallest absolute Gasteiger partial charge is 0.324 e. The highest BCUT2D eigenvalue weighted by Crippen LogP contribution is 2.31. The van der Waals surface area contributed by atoms with Crippen molar-refractivity contribution < 1.29 is 22.0 Å². The predicted octanol–water partition coefficient (Wildman–Crippen LogP) is 3.63. The van der Waals surface area contributed by atoms with Gasteiger partial charge in [-0.1, -0.05) is 0 Å². The lowest BCUT2D eigenvalue weighted by molar-refractivity contribution is -0.137. The zero-order chi connectivity index (χ0) is 12.3. The molecule has 1 nitrogen and oxygen atoms in total. The molecule has 0 heterocycles. The van der Waals surface area contributed by atoms with Crippen molar-refractivity contribution in [3.05, 3.63) is 35.1 Å². The molecule has 0 aliphatic rings. The van der Waals surface area contributed by atoms with Gasteiger partial charge in [0.1, 0.15) is 5.82 Å². The number of benzene rings is 1. The van der Waals surface area contributed by atoms with Crippen LogP contribution in [0.5, 0.6) is 0 Å². The van der Waals surface area contributed by atoms with Crippen molar-refractivity contribution >= 4 is 12.4 Å². The van der Waals surface area contributed by atoms with E-state index < -0.39 is 30.3 Å². The van der Waals surface area contributed by atoms with E-state index in [1.165, 1.54) is 0 Å². The SMILES string of the molecule is Cl.N[C@@H](CCF)c1cc(F)cc(C(F)(F)F)c1. The highest BCUT2D eigenvalue weighted by molar-refractivity contribution is 5.85. The summed E-state index contributed by atoms with van der Waals surface area (Å²) >= 11 is 0. The van der Waals surface area contributed by atoms with E-state index in [4.69, 9.17) is 5.73 Å². The normalized spacial score (nSPS) is 13.1. The second-order valence-electron chi connectivity index (χ2n) is 3.36. The highest BCUT2D eigenvalue weighted by atomic mass is 35.5. The molecule has 7 heteroatoms. The number of hydrogen-bond acceptors (Lipinski definition) is 1. The molecule has 0 spiro atoms. The lowest BCUT2D eigenvalue weighted by Crippen LogP contribution is -2.14. The van der Waals surface area contributed by atoms with Gasteiger partial charge in [0.05, 0.1) is 12.2 Å². The maximum atomic E-state index is 12.9. The van der Waals surface area contributed by atoms with E-state index in [1.807, 2.05) is 0 Å². The van der Waals surface area contributed by atoms with Gasteiger partial charge in [-0.3, -0.25) is 4.39 Å². The number of nitrogens with two attached hydrogens (primary N) is 1. The first-order chi connectivity index (χ1) is 7.34. The Bertz CT molecular complexity index is 366. The van der Waals surface area contributed by atoms with Crippen molar-refractivity contribution in [1.29, 1.82) is 0 Å². The van der Waals surface area contributed by atoms with Crippen LogP contribution in [0.2, 0.25) is 0 Å². The minimum absolute atomic E-state index is 0. The van der Waals surface area contributed by atoms with Crippen LogP contribution in [0, 0.1) is 5.82 Å². The predicted molar refractivity (Wildman–Crippen MR) is 56.2 cm³/mol. The van der Waals surface area contributed by atoms with E-state index in [1.54, 1.807) is 0 Å². The molecular weight excluding hydrogens is 265 g/mol. The summed E-state index contributed by atoms with van der Waals surface area (Å²) in [5, 5.41) is 0. The van der Waals surface area contributed by atoms with Crippen LogP contribution in [0.3, 0.4) is 0 Å². The van der Waals surface area contributed by atoms with Crippen molar-refractivity contribution in [3.63, 3.8) is 0 Å². The Morgan fingerprint density at radius 2 is 1.76 bits per heavy atom. The summed E-state index contributed by atoms with van der Waals surface area (Å²) in [4.78, 5) is 0. The van der Waals surface area contributed by atoms with Gasteiger partial charge in [0, 0.05) is 6.04 Å². The summed E-state index contributed by atoms with van der Waals surface area (Å²) in [6.07, 6.45) is -4.77. The molecular formula is C10H11ClF5N. The lowest BCUT2D eigenvalue weighted by Gasteiger charge is -2.13. The van der Waals surface area contributed by atoms with Gasteiger partial charge in [-0.25, -0.2) is 4.39 Å². The fourth-order valence-electron chi connectivity index (χ4n) is 1.27. The molecule has 0 amide bonds. The number of alkyl halides is 4. The third kappa shape index (κ3) is 4.47. The summed E-state index contributed by atoms with van der Waals surface area (Å²) in [5.41, 5.74) is 4.25. The van der Waals surface area contributed by atoms with E-state index in [0.29, 0.717) is 6.07 Å². The Morgan fingerprint density at radius 1 is 1.18 bits per heavy atom. The first-order valence-corrected chi connectivity index (χ1v) is 4.54. The van der Waals surface area contributed by atoms with Crippen molar-refractivity contribution in [2.45, 2.75) is 18.6 Å². The third-order valence-electron chi connectivity index (χ3n) is 2.10. The monoisotopic (exact) mass is 275 g/mol. The van der Waals surface area contributed by atoms with Gasteiger partial charge in [0.15, 0.2) is 0 Å². The van der Waals surface area contributed by atoms with Gasteiger partial charge in [0.25, 0.3) is 0 Å². The molecule has 0 aromatic heterocycles. The molecule has 1 rings (SSSR count). The fourth-order valence-corrected chi connectivity index (χ4v) is 1.27. The largest absolute Gasteiger partial charge is 0.416 e. The fraction of sp³-hybridized carbons (Fsp3) is 0.400. The second-order valence-corrected chi connectivity index (χ2v) is 3.36. The van der Waals surface area contributed by atoms with Gasteiger partial charge in [-0.05, 0) is 30.2 Å². The molecule has 0 radical (unpaired) electrons. The van der Waals surface area contributed by atoms with Crippen LogP contribution >= 0.6 is 12.4 Å². The lowest BCUT2D eigenvalue weighted by atomic mass is 10.0. The van der Waals surface area contributed by atoms with Crippen LogP contribution in [0.15, 0.2) is 18.2 Å². The molecule has 1 aromatic rings. The number of hydrogen-bond donors (Lipinski definition) is 1.